The number of nitrogens with two attached hydrogens (primary N) is 1. The first-order valence-electron chi connectivity index (χ1n) is 5.24. The first-order valence-corrected chi connectivity index (χ1v) is 8.11. The Labute approximate surface area is 101 Å². The van der Waals surface area contributed by atoms with Crippen molar-refractivity contribution in [3.05, 3.63) is 0 Å². The van der Waals surface area contributed by atoms with Crippen LogP contribution in [0.5, 0.6) is 0 Å². The summed E-state index contributed by atoms with van der Waals surface area (Å²) in [6.45, 7) is 3.89. The molecule has 0 radical (unpaired) electrons. The number of rotatable bonds is 4. The van der Waals surface area contributed by atoms with E-state index in [2.05, 4.69) is 0 Å². The SMILES string of the molecule is CCS(=O)(=O)C1CSCCN1C(C)C(N)=O. The van der Waals surface area contributed by atoms with Gasteiger partial charge in [-0.2, -0.15) is 11.8 Å². The Morgan fingerprint density at radius 1 is 1.62 bits per heavy atom. The Hall–Kier alpha value is -0.270. The minimum Gasteiger partial charge on any atom is -0.368 e. The molecule has 2 unspecified atom stereocenters. The molecule has 0 aromatic heterocycles. The minimum absolute atomic E-state index is 0.0974. The van der Waals surface area contributed by atoms with Crippen LogP contribution < -0.4 is 5.73 Å². The molecule has 7 heteroatoms. The third kappa shape index (κ3) is 2.89. The van der Waals surface area contributed by atoms with Crippen molar-refractivity contribution < 1.29 is 13.2 Å². The molecule has 2 atom stereocenters. The van der Waals surface area contributed by atoms with Crippen LogP contribution in [0.15, 0.2) is 0 Å². The van der Waals surface area contributed by atoms with Crippen LogP contribution in [0.4, 0.5) is 0 Å². The molecule has 1 fully saturated rings. The lowest BCUT2D eigenvalue weighted by Crippen LogP contribution is -2.55. The van der Waals surface area contributed by atoms with Crippen molar-refractivity contribution in [2.45, 2.75) is 25.3 Å². The number of hydrogen-bond acceptors (Lipinski definition) is 5. The molecule has 16 heavy (non-hydrogen) atoms. The first kappa shape index (κ1) is 13.8. The summed E-state index contributed by atoms with van der Waals surface area (Å²) >= 11 is 1.61. The van der Waals surface area contributed by atoms with E-state index in [1.807, 2.05) is 0 Å². The van der Waals surface area contributed by atoms with Crippen LogP contribution in [0.2, 0.25) is 0 Å². The van der Waals surface area contributed by atoms with Crippen molar-refractivity contribution in [2.75, 3.05) is 23.8 Å². The average molecular weight is 266 g/mol. The highest BCUT2D eigenvalue weighted by Crippen LogP contribution is 2.23. The molecule has 0 aromatic carbocycles. The third-order valence-electron chi connectivity index (χ3n) is 2.85. The maximum atomic E-state index is 11.9. The number of thioether (sulfide) groups is 1. The predicted molar refractivity (Wildman–Crippen MR) is 65.9 cm³/mol. The number of primary amides is 1. The highest BCUT2D eigenvalue weighted by Gasteiger charge is 2.36. The second-order valence-corrected chi connectivity index (χ2v) is 7.39. The summed E-state index contributed by atoms with van der Waals surface area (Å²) < 4.78 is 23.8. The highest BCUT2D eigenvalue weighted by molar-refractivity contribution is 8.01. The number of nitrogens with zero attached hydrogens (tertiary/aromatic N) is 1. The van der Waals surface area contributed by atoms with E-state index in [9.17, 15) is 13.2 Å². The van der Waals surface area contributed by atoms with Crippen LogP contribution in [0.3, 0.4) is 0 Å². The second-order valence-electron chi connectivity index (χ2n) is 3.80. The number of carbonyl (C=O) groups is 1. The fourth-order valence-corrected chi connectivity index (χ4v) is 4.81. The van der Waals surface area contributed by atoms with Gasteiger partial charge in [-0.3, -0.25) is 9.69 Å². The van der Waals surface area contributed by atoms with Crippen molar-refractivity contribution in [2.24, 2.45) is 5.73 Å². The van der Waals surface area contributed by atoms with Gasteiger partial charge in [0.2, 0.25) is 5.91 Å². The molecule has 1 amide bonds. The van der Waals surface area contributed by atoms with E-state index in [1.165, 1.54) is 0 Å². The topological polar surface area (TPSA) is 80.5 Å². The van der Waals surface area contributed by atoms with Crippen molar-refractivity contribution in [3.63, 3.8) is 0 Å². The molecular formula is C9H18N2O3S2. The molecule has 0 spiro atoms. The molecule has 1 aliphatic rings. The lowest BCUT2D eigenvalue weighted by molar-refractivity contribution is -0.122. The number of carbonyl (C=O) groups excluding carboxylic acids is 1. The maximum absolute atomic E-state index is 11.9. The van der Waals surface area contributed by atoms with E-state index in [0.29, 0.717) is 12.3 Å². The molecule has 2 N–H and O–H groups in total. The number of hydrogen-bond donors (Lipinski definition) is 1. The molecule has 5 nitrogen and oxygen atoms in total. The normalized spacial score (nSPS) is 25.2. The van der Waals surface area contributed by atoms with Crippen LogP contribution in [0, 0.1) is 0 Å². The maximum Gasteiger partial charge on any atom is 0.234 e. The van der Waals surface area contributed by atoms with E-state index >= 15 is 0 Å². The zero-order valence-corrected chi connectivity index (χ0v) is 11.2. The van der Waals surface area contributed by atoms with Gasteiger partial charge in [0.1, 0.15) is 5.37 Å². The fraction of sp³-hybridized carbons (Fsp3) is 0.889. The van der Waals surface area contributed by atoms with Crippen LogP contribution in [0.25, 0.3) is 0 Å². The molecule has 0 aromatic rings. The molecule has 1 aliphatic heterocycles. The summed E-state index contributed by atoms with van der Waals surface area (Å²) in [6, 6.07) is -0.521. The van der Waals surface area contributed by atoms with Crippen molar-refractivity contribution in [1.82, 2.24) is 4.90 Å². The van der Waals surface area contributed by atoms with Crippen LogP contribution in [-0.4, -0.2) is 54.4 Å². The van der Waals surface area contributed by atoms with Gasteiger partial charge in [-0.1, -0.05) is 6.92 Å². The summed E-state index contributed by atoms with van der Waals surface area (Å²) in [5, 5.41) is -0.571. The van der Waals surface area contributed by atoms with Crippen molar-refractivity contribution in [3.8, 4) is 0 Å². The van der Waals surface area contributed by atoms with Gasteiger partial charge in [-0.15, -0.1) is 0 Å². The van der Waals surface area contributed by atoms with Gasteiger partial charge in [0.25, 0.3) is 0 Å². The largest absolute Gasteiger partial charge is 0.368 e. The Morgan fingerprint density at radius 3 is 2.75 bits per heavy atom. The Balaban J connectivity index is 2.92. The van der Waals surface area contributed by atoms with Gasteiger partial charge in [0.05, 0.1) is 6.04 Å². The van der Waals surface area contributed by atoms with Gasteiger partial charge in [-0.25, -0.2) is 8.42 Å². The molecular weight excluding hydrogens is 248 g/mol. The molecule has 1 heterocycles. The first-order chi connectivity index (χ1) is 7.40. The lowest BCUT2D eigenvalue weighted by atomic mass is 10.2. The monoisotopic (exact) mass is 266 g/mol. The van der Waals surface area contributed by atoms with Crippen molar-refractivity contribution in [1.29, 1.82) is 0 Å². The summed E-state index contributed by atoms with van der Waals surface area (Å²) in [5.74, 6) is 0.990. The highest BCUT2D eigenvalue weighted by atomic mass is 32.2. The van der Waals surface area contributed by atoms with E-state index in [0.717, 1.165) is 5.75 Å². The van der Waals surface area contributed by atoms with E-state index < -0.39 is 27.2 Å². The fourth-order valence-electron chi connectivity index (χ4n) is 1.70. The molecule has 0 aliphatic carbocycles. The van der Waals surface area contributed by atoms with Crippen LogP contribution in [0.1, 0.15) is 13.8 Å². The van der Waals surface area contributed by atoms with E-state index in [-0.39, 0.29) is 5.75 Å². The zero-order chi connectivity index (χ0) is 12.3. The average Bonchev–Trinajstić information content (AvgIpc) is 2.28. The summed E-state index contributed by atoms with van der Waals surface area (Å²) in [7, 11) is -3.15. The Bertz CT molecular complexity index is 356. The number of sulfone groups is 1. The quantitative estimate of drug-likeness (QED) is 0.753. The van der Waals surface area contributed by atoms with Gasteiger partial charge in [0, 0.05) is 23.8 Å². The molecule has 0 saturated carbocycles. The van der Waals surface area contributed by atoms with Gasteiger partial charge in [-0.05, 0) is 6.92 Å². The Morgan fingerprint density at radius 2 is 2.25 bits per heavy atom. The zero-order valence-electron chi connectivity index (χ0n) is 9.55. The standard InChI is InChI=1S/C9H18N2O3S2/c1-3-16(13,14)8-6-15-5-4-11(8)7(2)9(10)12/h7-8H,3-6H2,1-2H3,(H2,10,12). The van der Waals surface area contributed by atoms with Gasteiger partial charge < -0.3 is 5.73 Å². The molecule has 94 valence electrons. The van der Waals surface area contributed by atoms with Crippen molar-refractivity contribution >= 4 is 27.5 Å². The summed E-state index contributed by atoms with van der Waals surface area (Å²) in [4.78, 5) is 12.8. The Kier molecular flexibility index (Phi) is 4.63. The summed E-state index contributed by atoms with van der Waals surface area (Å²) in [5.41, 5.74) is 5.23. The number of amides is 1. The molecule has 1 saturated heterocycles. The van der Waals surface area contributed by atoms with Gasteiger partial charge >= 0.3 is 0 Å². The van der Waals surface area contributed by atoms with E-state index in [4.69, 9.17) is 5.73 Å². The van der Waals surface area contributed by atoms with E-state index in [1.54, 1.807) is 30.5 Å². The van der Waals surface area contributed by atoms with Crippen LogP contribution >= 0.6 is 11.8 Å². The second kappa shape index (κ2) is 5.37. The van der Waals surface area contributed by atoms with Gasteiger partial charge in [0.15, 0.2) is 9.84 Å². The predicted octanol–water partition coefficient (Wildman–Crippen LogP) is -0.330. The summed E-state index contributed by atoms with van der Waals surface area (Å²) in [6.07, 6.45) is 0. The third-order valence-corrected chi connectivity index (χ3v) is 6.16. The lowest BCUT2D eigenvalue weighted by Gasteiger charge is -2.37. The molecule has 1 rings (SSSR count). The van der Waals surface area contributed by atoms with Crippen LogP contribution in [-0.2, 0) is 14.6 Å². The minimum atomic E-state index is -3.15. The molecule has 0 bridgehead atoms. The smallest absolute Gasteiger partial charge is 0.234 e.